The Hall–Kier alpha value is -3.47. The maximum absolute atomic E-state index is 14.7. The Bertz CT molecular complexity index is 1760. The smallest absolute Gasteiger partial charge is 0.264 e. The number of anilines is 1. The standard InChI is InChI=1S/C37H39Br2N3O4S/c1-27-15-21-34(22-16-27)47(45,46)42(33-19-17-30(38)18-20-33)26-36(43)41(25-29-11-8-12-31(39)23-29)35(24-28-9-4-2-5-10-28)37(44)40-32-13-6-3-7-14-32/h2,4-5,8-12,15-23,32,35H,3,6-7,13-14,24-26H2,1H3,(H,40,44). The number of sulfonamides is 1. The van der Waals surface area contributed by atoms with Crippen molar-refractivity contribution in [3.63, 3.8) is 0 Å². The molecule has 4 aromatic carbocycles. The van der Waals surface area contributed by atoms with Gasteiger partial charge in [-0.3, -0.25) is 13.9 Å². The van der Waals surface area contributed by atoms with Crippen LogP contribution in [0, 0.1) is 6.92 Å². The Morgan fingerprint density at radius 1 is 0.809 bits per heavy atom. The molecule has 0 radical (unpaired) electrons. The first-order valence-electron chi connectivity index (χ1n) is 15.8. The first kappa shape index (κ1) is 34.9. The molecule has 1 atom stereocenters. The fourth-order valence-corrected chi connectivity index (χ4v) is 8.03. The molecule has 5 rings (SSSR count). The van der Waals surface area contributed by atoms with Crippen LogP contribution < -0.4 is 9.62 Å². The van der Waals surface area contributed by atoms with Crippen LogP contribution in [0.25, 0.3) is 0 Å². The van der Waals surface area contributed by atoms with Crippen molar-refractivity contribution in [3.05, 3.63) is 129 Å². The highest BCUT2D eigenvalue weighted by molar-refractivity contribution is 9.10. The van der Waals surface area contributed by atoms with Crippen LogP contribution in [0.2, 0.25) is 0 Å². The van der Waals surface area contributed by atoms with Gasteiger partial charge in [0.15, 0.2) is 0 Å². The van der Waals surface area contributed by atoms with Crippen LogP contribution in [0.3, 0.4) is 0 Å². The summed E-state index contributed by atoms with van der Waals surface area (Å²) in [6, 6.07) is 29.8. The molecule has 47 heavy (non-hydrogen) atoms. The first-order valence-corrected chi connectivity index (χ1v) is 18.9. The van der Waals surface area contributed by atoms with Crippen molar-refractivity contribution in [2.24, 2.45) is 0 Å². The quantitative estimate of drug-likeness (QED) is 0.159. The van der Waals surface area contributed by atoms with Gasteiger partial charge in [0.2, 0.25) is 11.8 Å². The van der Waals surface area contributed by atoms with Crippen LogP contribution in [0.5, 0.6) is 0 Å². The molecule has 1 aliphatic carbocycles. The molecule has 0 bridgehead atoms. The van der Waals surface area contributed by atoms with Gasteiger partial charge in [-0.05, 0) is 79.4 Å². The van der Waals surface area contributed by atoms with Gasteiger partial charge in [-0.25, -0.2) is 8.42 Å². The van der Waals surface area contributed by atoms with E-state index in [1.807, 2.05) is 61.5 Å². The number of hydrogen-bond donors (Lipinski definition) is 1. The van der Waals surface area contributed by atoms with Crippen LogP contribution in [0.4, 0.5) is 5.69 Å². The highest BCUT2D eigenvalue weighted by Gasteiger charge is 2.35. The molecule has 4 aromatic rings. The zero-order valence-corrected chi connectivity index (χ0v) is 30.3. The summed E-state index contributed by atoms with van der Waals surface area (Å²) < 4.78 is 31.2. The Balaban J connectivity index is 1.56. The topological polar surface area (TPSA) is 86.8 Å². The number of nitrogens with one attached hydrogen (secondary N) is 1. The number of nitrogens with zero attached hydrogens (tertiary/aromatic N) is 2. The van der Waals surface area contributed by atoms with Crippen molar-refractivity contribution in [1.82, 2.24) is 10.2 Å². The highest BCUT2D eigenvalue weighted by Crippen LogP contribution is 2.27. The van der Waals surface area contributed by atoms with E-state index in [4.69, 9.17) is 0 Å². The lowest BCUT2D eigenvalue weighted by Gasteiger charge is -2.35. The minimum atomic E-state index is -4.16. The van der Waals surface area contributed by atoms with Crippen LogP contribution >= 0.6 is 31.9 Å². The predicted molar refractivity (Wildman–Crippen MR) is 193 cm³/mol. The summed E-state index contributed by atoms with van der Waals surface area (Å²) in [5.74, 6) is -0.719. The fourth-order valence-electron chi connectivity index (χ4n) is 5.90. The number of amides is 2. The number of hydrogen-bond acceptors (Lipinski definition) is 4. The van der Waals surface area contributed by atoms with Gasteiger partial charge in [0, 0.05) is 28.0 Å². The summed E-state index contributed by atoms with van der Waals surface area (Å²) in [6.07, 6.45) is 5.32. The van der Waals surface area contributed by atoms with Crippen molar-refractivity contribution in [2.75, 3.05) is 10.8 Å². The minimum absolute atomic E-state index is 0.0403. The maximum atomic E-state index is 14.7. The van der Waals surface area contributed by atoms with Crippen LogP contribution in [0.1, 0.15) is 48.8 Å². The van der Waals surface area contributed by atoms with Gasteiger partial charge in [0.25, 0.3) is 10.0 Å². The summed E-state index contributed by atoms with van der Waals surface area (Å²) in [6.45, 7) is 1.51. The third kappa shape index (κ3) is 9.33. The van der Waals surface area contributed by atoms with Gasteiger partial charge in [0.05, 0.1) is 10.6 Å². The van der Waals surface area contributed by atoms with Gasteiger partial charge in [-0.15, -0.1) is 0 Å². The molecular weight excluding hydrogens is 742 g/mol. The Morgan fingerprint density at radius 2 is 1.47 bits per heavy atom. The van der Waals surface area contributed by atoms with E-state index in [1.54, 1.807) is 53.4 Å². The van der Waals surface area contributed by atoms with Crippen LogP contribution in [-0.4, -0.2) is 43.8 Å². The van der Waals surface area contributed by atoms with E-state index in [9.17, 15) is 18.0 Å². The number of aryl methyl sites for hydroxylation is 1. The van der Waals surface area contributed by atoms with E-state index in [2.05, 4.69) is 37.2 Å². The normalized spacial score (nSPS) is 14.3. The van der Waals surface area contributed by atoms with Crippen LogP contribution in [-0.2, 0) is 32.6 Å². The first-order chi connectivity index (χ1) is 22.6. The Kier molecular flexibility index (Phi) is 11.9. The van der Waals surface area contributed by atoms with E-state index in [0.717, 1.165) is 62.0 Å². The van der Waals surface area contributed by atoms with E-state index >= 15 is 0 Å². The molecule has 246 valence electrons. The summed E-state index contributed by atoms with van der Waals surface area (Å²) in [4.78, 5) is 30.5. The van der Waals surface area contributed by atoms with Crippen molar-refractivity contribution in [3.8, 4) is 0 Å². The lowest BCUT2D eigenvalue weighted by Crippen LogP contribution is -2.55. The Labute approximate surface area is 294 Å². The minimum Gasteiger partial charge on any atom is -0.352 e. The molecule has 10 heteroatoms. The molecule has 1 saturated carbocycles. The summed E-state index contributed by atoms with van der Waals surface area (Å²) in [5.41, 5.74) is 2.98. The molecule has 0 aromatic heterocycles. The van der Waals surface area contributed by atoms with Crippen LogP contribution in [0.15, 0.2) is 117 Å². The lowest BCUT2D eigenvalue weighted by molar-refractivity contribution is -0.140. The monoisotopic (exact) mass is 779 g/mol. The zero-order valence-electron chi connectivity index (χ0n) is 26.3. The molecule has 1 N–H and O–H groups in total. The van der Waals surface area contributed by atoms with Crippen molar-refractivity contribution >= 4 is 59.4 Å². The maximum Gasteiger partial charge on any atom is 0.264 e. The van der Waals surface area contributed by atoms with Crippen molar-refractivity contribution in [2.45, 2.75) is 69.0 Å². The number of rotatable bonds is 12. The molecule has 0 spiro atoms. The van der Waals surface area contributed by atoms with E-state index in [-0.39, 0.29) is 29.8 Å². The summed E-state index contributed by atoms with van der Waals surface area (Å²) in [5, 5.41) is 3.25. The average Bonchev–Trinajstić information content (AvgIpc) is 3.06. The molecule has 0 saturated heterocycles. The second-order valence-corrected chi connectivity index (χ2v) is 15.7. The molecule has 0 aliphatic heterocycles. The van der Waals surface area contributed by atoms with Gasteiger partial charge in [-0.2, -0.15) is 0 Å². The lowest BCUT2D eigenvalue weighted by atomic mass is 9.94. The van der Waals surface area contributed by atoms with E-state index < -0.39 is 28.5 Å². The van der Waals surface area contributed by atoms with E-state index in [0.29, 0.717) is 5.69 Å². The number of carbonyl (C=O) groups excluding carboxylic acids is 2. The second kappa shape index (κ2) is 16.1. The summed E-state index contributed by atoms with van der Waals surface area (Å²) in [7, 11) is -4.16. The van der Waals surface area contributed by atoms with Crippen molar-refractivity contribution in [1.29, 1.82) is 0 Å². The number of carbonyl (C=O) groups is 2. The van der Waals surface area contributed by atoms with Gasteiger partial charge in [0.1, 0.15) is 12.6 Å². The third-order valence-corrected chi connectivity index (χ3v) is 11.3. The van der Waals surface area contributed by atoms with Crippen molar-refractivity contribution < 1.29 is 18.0 Å². The van der Waals surface area contributed by atoms with Gasteiger partial charge >= 0.3 is 0 Å². The third-order valence-electron chi connectivity index (χ3n) is 8.47. The number of halogens is 2. The molecule has 1 unspecified atom stereocenters. The molecule has 0 heterocycles. The largest absolute Gasteiger partial charge is 0.352 e. The van der Waals surface area contributed by atoms with E-state index in [1.165, 1.54) is 0 Å². The average molecular weight is 782 g/mol. The zero-order chi connectivity index (χ0) is 33.4. The molecule has 7 nitrogen and oxygen atoms in total. The Morgan fingerprint density at radius 3 is 2.13 bits per heavy atom. The molecule has 2 amide bonds. The fraction of sp³-hybridized carbons (Fsp3) is 0.297. The van der Waals surface area contributed by atoms with Gasteiger partial charge < -0.3 is 10.2 Å². The van der Waals surface area contributed by atoms with Gasteiger partial charge in [-0.1, -0.05) is 111 Å². The second-order valence-electron chi connectivity index (χ2n) is 12.0. The predicted octanol–water partition coefficient (Wildman–Crippen LogP) is 7.80. The molecular formula is C37H39Br2N3O4S. The highest BCUT2D eigenvalue weighted by atomic mass is 79.9. The number of benzene rings is 4. The molecule has 1 fully saturated rings. The molecule has 1 aliphatic rings. The summed E-state index contributed by atoms with van der Waals surface area (Å²) >= 11 is 6.96. The SMILES string of the molecule is Cc1ccc(S(=O)(=O)N(CC(=O)N(Cc2cccc(Br)c2)C(Cc2ccccc2)C(=O)NC2CCCCC2)c2ccc(Br)cc2)cc1.